The molecule has 0 spiro atoms. The van der Waals surface area contributed by atoms with Gasteiger partial charge in [-0.15, -0.1) is 0 Å². The highest BCUT2D eigenvalue weighted by molar-refractivity contribution is 6.11. The van der Waals surface area contributed by atoms with Gasteiger partial charge in [0, 0.05) is 50.4 Å². The van der Waals surface area contributed by atoms with E-state index in [0.717, 1.165) is 50.3 Å². The van der Waals surface area contributed by atoms with E-state index in [1.54, 1.807) is 0 Å². The van der Waals surface area contributed by atoms with E-state index in [2.05, 4.69) is 241 Å². The summed E-state index contributed by atoms with van der Waals surface area (Å²) >= 11 is 0. The molecule has 0 saturated carbocycles. The van der Waals surface area contributed by atoms with Crippen LogP contribution in [0, 0.1) is 0 Å². The van der Waals surface area contributed by atoms with Crippen molar-refractivity contribution in [2.45, 2.75) is 12.3 Å². The molecule has 65 heavy (non-hydrogen) atoms. The zero-order valence-corrected chi connectivity index (χ0v) is 36.0. The van der Waals surface area contributed by atoms with Gasteiger partial charge in [0.1, 0.15) is 11.2 Å². The molecular weight excluding hydrogens is 789 g/mol. The quantitative estimate of drug-likeness (QED) is 0.135. The van der Waals surface area contributed by atoms with Gasteiger partial charge in [-0.25, -0.2) is 0 Å². The van der Waals surface area contributed by atoms with Gasteiger partial charge in [0.15, 0.2) is 0 Å². The van der Waals surface area contributed by atoms with Crippen LogP contribution in [0.2, 0.25) is 0 Å². The molecule has 12 rings (SSSR count). The standard InChI is InChI=1S/C62H44N2O/c1-3-4-24-51-42(2)62(45-18-8-5-9-19-45,46-20-10-6-11-21-46)57-40-49(34-36-52(51)57)63(50-35-37-55-54-26-15-17-28-60(54)65-61(55)41-50)48-32-29-43(30-33-48)44-31-38-59-56(39-44)53-25-14-16-27-58(53)64(59)47-22-12-7-13-23-47/h3-41H,1H2,2H3/b24-4-. The van der Waals surface area contributed by atoms with Gasteiger partial charge in [-0.1, -0.05) is 164 Å². The van der Waals surface area contributed by atoms with Crippen LogP contribution in [-0.2, 0) is 5.41 Å². The van der Waals surface area contributed by atoms with Gasteiger partial charge in [0.2, 0.25) is 0 Å². The Balaban J connectivity index is 1.04. The maximum atomic E-state index is 6.53. The van der Waals surface area contributed by atoms with E-state index in [-0.39, 0.29) is 0 Å². The average Bonchev–Trinajstić information content (AvgIpc) is 3.99. The molecule has 2 heterocycles. The lowest BCUT2D eigenvalue weighted by Crippen LogP contribution is -2.29. The summed E-state index contributed by atoms with van der Waals surface area (Å²) in [5.41, 5.74) is 17.6. The van der Waals surface area contributed by atoms with Gasteiger partial charge >= 0.3 is 0 Å². The Morgan fingerprint density at radius 2 is 1.08 bits per heavy atom. The van der Waals surface area contributed by atoms with E-state index in [1.807, 2.05) is 18.2 Å². The average molecular weight is 833 g/mol. The number of fused-ring (bicyclic) bond motifs is 7. The van der Waals surface area contributed by atoms with Gasteiger partial charge in [0.05, 0.1) is 16.4 Å². The summed E-state index contributed by atoms with van der Waals surface area (Å²) in [6.07, 6.45) is 6.13. The number of anilines is 3. The molecule has 2 aromatic heterocycles. The second-order valence-corrected chi connectivity index (χ2v) is 16.9. The molecule has 0 fully saturated rings. The Kier molecular flexibility index (Phi) is 9.10. The largest absolute Gasteiger partial charge is 0.456 e. The van der Waals surface area contributed by atoms with E-state index in [0.29, 0.717) is 0 Å². The van der Waals surface area contributed by atoms with Gasteiger partial charge in [-0.2, -0.15) is 0 Å². The van der Waals surface area contributed by atoms with Crippen LogP contribution in [0.5, 0.6) is 0 Å². The van der Waals surface area contributed by atoms with Crippen molar-refractivity contribution in [3.8, 4) is 16.8 Å². The number of para-hydroxylation sites is 3. The lowest BCUT2D eigenvalue weighted by molar-refractivity contribution is 0.669. The van der Waals surface area contributed by atoms with E-state index >= 15 is 0 Å². The third kappa shape index (κ3) is 6.04. The van der Waals surface area contributed by atoms with Crippen LogP contribution in [-0.4, -0.2) is 4.57 Å². The summed E-state index contributed by atoms with van der Waals surface area (Å²) < 4.78 is 8.89. The van der Waals surface area contributed by atoms with Crippen LogP contribution in [0.1, 0.15) is 29.2 Å². The summed E-state index contributed by atoms with van der Waals surface area (Å²) in [5.74, 6) is 0. The van der Waals surface area contributed by atoms with Crippen molar-refractivity contribution in [2.24, 2.45) is 0 Å². The summed E-state index contributed by atoms with van der Waals surface area (Å²) in [6.45, 7) is 6.33. The predicted molar refractivity (Wildman–Crippen MR) is 273 cm³/mol. The van der Waals surface area contributed by atoms with Crippen molar-refractivity contribution in [1.82, 2.24) is 4.57 Å². The van der Waals surface area contributed by atoms with E-state index in [4.69, 9.17) is 4.42 Å². The van der Waals surface area contributed by atoms with Crippen LogP contribution < -0.4 is 4.90 Å². The third-order valence-electron chi connectivity index (χ3n) is 13.5. The van der Waals surface area contributed by atoms with Crippen molar-refractivity contribution in [1.29, 1.82) is 0 Å². The third-order valence-corrected chi connectivity index (χ3v) is 13.5. The maximum Gasteiger partial charge on any atom is 0.137 e. The normalized spacial score (nSPS) is 13.4. The fourth-order valence-electron chi connectivity index (χ4n) is 10.6. The molecule has 0 bridgehead atoms. The highest BCUT2D eigenvalue weighted by atomic mass is 16.3. The molecule has 308 valence electrons. The second-order valence-electron chi connectivity index (χ2n) is 16.9. The highest BCUT2D eigenvalue weighted by Crippen LogP contribution is 2.56. The minimum atomic E-state index is -0.533. The summed E-state index contributed by atoms with van der Waals surface area (Å²) in [7, 11) is 0. The zero-order valence-electron chi connectivity index (χ0n) is 36.0. The fourth-order valence-corrected chi connectivity index (χ4v) is 10.6. The van der Waals surface area contributed by atoms with Crippen molar-refractivity contribution < 1.29 is 4.42 Å². The number of nitrogens with zero attached hydrogens (tertiary/aromatic N) is 2. The summed E-state index contributed by atoms with van der Waals surface area (Å²) in [6, 6.07) is 79.1. The smallest absolute Gasteiger partial charge is 0.137 e. The number of rotatable bonds is 9. The monoisotopic (exact) mass is 832 g/mol. The molecule has 0 N–H and O–H groups in total. The van der Waals surface area contributed by atoms with Crippen molar-refractivity contribution in [2.75, 3.05) is 4.90 Å². The maximum absolute atomic E-state index is 6.53. The SMILES string of the molecule is C=C/C=C\C1=C(C)C(c2ccccc2)(c2ccccc2)c2cc(N(c3ccc(-c4ccc5c(c4)c4ccccc4n5-c4ccccc4)cc3)c3ccc4c(c3)oc3ccccc34)ccc21. The van der Waals surface area contributed by atoms with Crippen LogP contribution >= 0.6 is 0 Å². The van der Waals surface area contributed by atoms with Crippen molar-refractivity contribution in [3.05, 3.63) is 271 Å². The lowest BCUT2D eigenvalue weighted by atomic mass is 9.67. The predicted octanol–water partition coefficient (Wildman–Crippen LogP) is 16.7. The topological polar surface area (TPSA) is 21.3 Å². The first kappa shape index (κ1) is 38.3. The first-order valence-electron chi connectivity index (χ1n) is 22.3. The van der Waals surface area contributed by atoms with E-state index in [9.17, 15) is 0 Å². The summed E-state index contributed by atoms with van der Waals surface area (Å²) in [5, 5.41) is 4.69. The Hall–Kier alpha value is -8.40. The van der Waals surface area contributed by atoms with Crippen molar-refractivity contribution >= 4 is 66.4 Å². The molecule has 0 aliphatic heterocycles. The Labute approximate surface area is 378 Å². The number of aromatic nitrogens is 1. The summed E-state index contributed by atoms with van der Waals surface area (Å²) in [4.78, 5) is 2.38. The highest BCUT2D eigenvalue weighted by Gasteiger charge is 2.45. The van der Waals surface area contributed by atoms with Crippen molar-refractivity contribution in [3.63, 3.8) is 0 Å². The fraction of sp³-hybridized carbons (Fsp3) is 0.0323. The van der Waals surface area contributed by atoms with Gasteiger partial charge in [-0.05, 0) is 124 Å². The van der Waals surface area contributed by atoms with Gasteiger partial charge in [-0.3, -0.25) is 0 Å². The van der Waals surface area contributed by atoms with Crippen LogP contribution in [0.15, 0.2) is 253 Å². The number of hydrogen-bond acceptors (Lipinski definition) is 2. The molecule has 1 aliphatic rings. The number of allylic oxidation sites excluding steroid dienone is 5. The number of furan rings is 1. The molecular formula is C62H44N2O. The van der Waals surface area contributed by atoms with Crippen LogP contribution in [0.25, 0.3) is 66.1 Å². The van der Waals surface area contributed by atoms with Gasteiger partial charge in [0.25, 0.3) is 0 Å². The lowest BCUT2D eigenvalue weighted by Gasteiger charge is -2.35. The van der Waals surface area contributed by atoms with Crippen LogP contribution in [0.4, 0.5) is 17.1 Å². The first-order chi connectivity index (χ1) is 32.1. The number of hydrogen-bond donors (Lipinski definition) is 0. The molecule has 0 radical (unpaired) electrons. The zero-order chi connectivity index (χ0) is 43.5. The Morgan fingerprint density at radius 1 is 0.492 bits per heavy atom. The Bertz CT molecular complexity index is 3630. The molecule has 1 aliphatic carbocycles. The second kappa shape index (κ2) is 15.4. The molecule has 0 atom stereocenters. The molecule has 3 heteroatoms. The Morgan fingerprint density at radius 3 is 1.82 bits per heavy atom. The minimum Gasteiger partial charge on any atom is -0.456 e. The molecule has 11 aromatic rings. The molecule has 9 aromatic carbocycles. The van der Waals surface area contributed by atoms with E-state index < -0.39 is 5.41 Å². The number of benzene rings is 9. The first-order valence-corrected chi connectivity index (χ1v) is 22.3. The molecule has 0 unspecified atom stereocenters. The van der Waals surface area contributed by atoms with Gasteiger partial charge < -0.3 is 13.9 Å². The van der Waals surface area contributed by atoms with Crippen LogP contribution in [0.3, 0.4) is 0 Å². The molecule has 0 amide bonds. The van der Waals surface area contributed by atoms with E-state index in [1.165, 1.54) is 60.8 Å². The molecule has 3 nitrogen and oxygen atoms in total. The minimum absolute atomic E-state index is 0.533. The molecule has 0 saturated heterocycles.